The average molecular weight is 479 g/mol. The van der Waals surface area contributed by atoms with Gasteiger partial charge in [-0.2, -0.15) is 0 Å². The Morgan fingerprint density at radius 2 is 1.60 bits per heavy atom. The number of halogens is 3. The van der Waals surface area contributed by atoms with Crippen molar-refractivity contribution in [3.63, 3.8) is 0 Å². The van der Waals surface area contributed by atoms with E-state index in [1.165, 1.54) is 6.07 Å². The first kappa shape index (κ1) is 25.1. The molecular weight excluding hydrogens is 445 g/mol. The van der Waals surface area contributed by atoms with Gasteiger partial charge in [-0.3, -0.25) is 0 Å². The molecular formula is C31H33F3O. The van der Waals surface area contributed by atoms with Gasteiger partial charge in [0.25, 0.3) is 0 Å². The Morgan fingerprint density at radius 3 is 2.29 bits per heavy atom. The van der Waals surface area contributed by atoms with Gasteiger partial charge in [-0.1, -0.05) is 81.7 Å². The fourth-order valence-corrected chi connectivity index (χ4v) is 4.70. The summed E-state index contributed by atoms with van der Waals surface area (Å²) in [5, 5.41) is 0. The summed E-state index contributed by atoms with van der Waals surface area (Å²) in [7, 11) is 0. The summed E-state index contributed by atoms with van der Waals surface area (Å²) in [5.74, 6) is -0.574. The third kappa shape index (κ3) is 6.17. The van der Waals surface area contributed by atoms with Crippen molar-refractivity contribution in [2.45, 2.75) is 58.3 Å². The van der Waals surface area contributed by atoms with E-state index in [9.17, 15) is 13.2 Å². The van der Waals surface area contributed by atoms with Gasteiger partial charge < -0.3 is 4.74 Å². The van der Waals surface area contributed by atoms with Crippen LogP contribution in [0, 0.1) is 23.4 Å². The zero-order valence-electron chi connectivity index (χ0n) is 20.5. The molecule has 4 rings (SSSR count). The van der Waals surface area contributed by atoms with Crippen LogP contribution in [0.2, 0.25) is 0 Å². The van der Waals surface area contributed by atoms with Gasteiger partial charge in [-0.15, -0.1) is 0 Å². The van der Waals surface area contributed by atoms with Crippen LogP contribution in [0.25, 0.3) is 23.3 Å². The zero-order valence-corrected chi connectivity index (χ0v) is 20.5. The summed E-state index contributed by atoms with van der Waals surface area (Å²) in [4.78, 5) is 0. The van der Waals surface area contributed by atoms with E-state index in [0.717, 1.165) is 44.1 Å². The number of hydrogen-bond acceptors (Lipinski definition) is 1. The smallest absolute Gasteiger partial charge is 0.166 e. The number of rotatable bonds is 8. The van der Waals surface area contributed by atoms with Crippen molar-refractivity contribution in [3.8, 4) is 16.9 Å². The summed E-state index contributed by atoms with van der Waals surface area (Å²) < 4.78 is 49.9. The van der Waals surface area contributed by atoms with Gasteiger partial charge in [0.2, 0.25) is 0 Å². The zero-order chi connectivity index (χ0) is 24.8. The molecule has 184 valence electrons. The third-order valence-corrected chi connectivity index (χ3v) is 6.98. The molecule has 0 N–H and O–H groups in total. The van der Waals surface area contributed by atoms with Gasteiger partial charge in [0.15, 0.2) is 11.6 Å². The summed E-state index contributed by atoms with van der Waals surface area (Å²) in [6, 6.07) is 15.5. The molecule has 0 unspecified atom stereocenters. The molecule has 1 aliphatic carbocycles. The molecule has 1 nitrogen and oxygen atoms in total. The van der Waals surface area contributed by atoms with Crippen LogP contribution >= 0.6 is 0 Å². The van der Waals surface area contributed by atoms with Crippen molar-refractivity contribution >= 4 is 12.2 Å². The van der Waals surface area contributed by atoms with Gasteiger partial charge >= 0.3 is 0 Å². The minimum absolute atomic E-state index is 0.0969. The molecule has 0 radical (unpaired) electrons. The molecule has 0 aliphatic heterocycles. The van der Waals surface area contributed by atoms with E-state index in [1.807, 2.05) is 12.1 Å². The van der Waals surface area contributed by atoms with Gasteiger partial charge in [0.05, 0.1) is 6.61 Å². The Bertz CT molecular complexity index is 1160. The van der Waals surface area contributed by atoms with E-state index in [1.54, 1.807) is 48.6 Å². The molecule has 0 atom stereocenters. The highest BCUT2D eigenvalue weighted by Crippen LogP contribution is 2.38. The first-order valence-corrected chi connectivity index (χ1v) is 12.6. The lowest BCUT2D eigenvalue weighted by atomic mass is 9.79. The van der Waals surface area contributed by atoms with Gasteiger partial charge in [-0.25, -0.2) is 13.2 Å². The standard InChI is InChI=1S/C31H33F3O/c1-3-4-19-35-26-16-15-25(29(32)20-26)14-9-22-7-12-24(13-8-22)28-18-17-27(30(33)31(28)34)23-10-5-21(2)6-11-23/h7-9,12-18,20-21,23H,3-6,10-11,19H2,1-2H3/b14-9+. The van der Waals surface area contributed by atoms with Crippen molar-refractivity contribution in [2.24, 2.45) is 5.92 Å². The molecule has 0 heterocycles. The lowest BCUT2D eigenvalue weighted by molar-refractivity contribution is 0.308. The SMILES string of the molecule is CCCCOc1ccc(/C=C/c2ccc(-c3ccc(C4CCC(C)CC4)c(F)c3F)cc2)c(F)c1. The lowest BCUT2D eigenvalue weighted by Crippen LogP contribution is -2.13. The van der Waals surface area contributed by atoms with Crippen LogP contribution in [-0.4, -0.2) is 6.61 Å². The molecule has 0 saturated heterocycles. The number of ether oxygens (including phenoxy) is 1. The molecule has 0 amide bonds. The fraction of sp³-hybridized carbons (Fsp3) is 0.355. The first-order chi connectivity index (χ1) is 17.0. The largest absolute Gasteiger partial charge is 0.493 e. The maximum absolute atomic E-state index is 15.0. The second kappa shape index (κ2) is 11.6. The Morgan fingerprint density at radius 1 is 0.857 bits per heavy atom. The predicted octanol–water partition coefficient (Wildman–Crippen LogP) is 9.41. The van der Waals surface area contributed by atoms with Gasteiger partial charge in [0, 0.05) is 17.2 Å². The fourth-order valence-electron chi connectivity index (χ4n) is 4.70. The Kier molecular flexibility index (Phi) is 8.33. The molecule has 1 fully saturated rings. The Hall–Kier alpha value is -3.01. The molecule has 1 aliphatic rings. The Balaban J connectivity index is 1.45. The molecule has 0 spiro atoms. The molecule has 3 aromatic rings. The van der Waals surface area contributed by atoms with Gasteiger partial charge in [0.1, 0.15) is 11.6 Å². The van der Waals surface area contributed by atoms with Crippen molar-refractivity contribution in [1.82, 2.24) is 0 Å². The predicted molar refractivity (Wildman–Crippen MR) is 138 cm³/mol. The summed E-state index contributed by atoms with van der Waals surface area (Å²) in [5.41, 5.74) is 2.67. The van der Waals surface area contributed by atoms with Crippen LogP contribution in [0.1, 0.15) is 75.0 Å². The van der Waals surface area contributed by atoms with Crippen LogP contribution < -0.4 is 4.74 Å². The second-order valence-corrected chi connectivity index (χ2v) is 9.63. The molecule has 4 heteroatoms. The van der Waals surface area contributed by atoms with Crippen LogP contribution in [0.4, 0.5) is 13.2 Å². The highest BCUT2D eigenvalue weighted by Gasteiger charge is 2.25. The molecule has 1 saturated carbocycles. The lowest BCUT2D eigenvalue weighted by Gasteiger charge is -2.27. The number of benzene rings is 3. The second-order valence-electron chi connectivity index (χ2n) is 9.63. The van der Waals surface area contributed by atoms with E-state index >= 15 is 0 Å². The van der Waals surface area contributed by atoms with Gasteiger partial charge in [-0.05, 0) is 59.9 Å². The molecule has 3 aromatic carbocycles. The van der Waals surface area contributed by atoms with E-state index in [2.05, 4.69) is 13.8 Å². The maximum Gasteiger partial charge on any atom is 0.166 e. The summed E-state index contributed by atoms with van der Waals surface area (Å²) in [6.07, 6.45) is 9.38. The number of hydrogen-bond donors (Lipinski definition) is 0. The summed E-state index contributed by atoms with van der Waals surface area (Å²) >= 11 is 0. The van der Waals surface area contributed by atoms with E-state index < -0.39 is 11.6 Å². The van der Waals surface area contributed by atoms with Crippen LogP contribution in [-0.2, 0) is 0 Å². The van der Waals surface area contributed by atoms with Crippen molar-refractivity contribution in [3.05, 3.63) is 88.7 Å². The Labute approximate surface area is 206 Å². The quantitative estimate of drug-likeness (QED) is 0.231. The normalized spacial score (nSPS) is 18.2. The van der Waals surface area contributed by atoms with Crippen molar-refractivity contribution in [1.29, 1.82) is 0 Å². The number of unbranched alkanes of at least 4 members (excludes halogenated alkanes) is 1. The highest BCUT2D eigenvalue weighted by atomic mass is 19.2. The van der Waals surface area contributed by atoms with Crippen molar-refractivity contribution < 1.29 is 17.9 Å². The van der Waals surface area contributed by atoms with Crippen molar-refractivity contribution in [2.75, 3.05) is 6.61 Å². The topological polar surface area (TPSA) is 9.23 Å². The third-order valence-electron chi connectivity index (χ3n) is 6.98. The van der Waals surface area contributed by atoms with Crippen LogP contribution in [0.15, 0.2) is 54.6 Å². The highest BCUT2D eigenvalue weighted by molar-refractivity contribution is 5.73. The minimum atomic E-state index is -0.785. The van der Waals surface area contributed by atoms with Crippen LogP contribution in [0.5, 0.6) is 5.75 Å². The monoisotopic (exact) mass is 478 g/mol. The van der Waals surface area contributed by atoms with E-state index in [-0.39, 0.29) is 17.3 Å². The van der Waals surface area contributed by atoms with E-state index in [4.69, 9.17) is 4.74 Å². The molecule has 0 bridgehead atoms. The maximum atomic E-state index is 15.0. The molecule has 35 heavy (non-hydrogen) atoms. The summed E-state index contributed by atoms with van der Waals surface area (Å²) in [6.45, 7) is 4.86. The molecule has 0 aromatic heterocycles. The van der Waals surface area contributed by atoms with Crippen LogP contribution in [0.3, 0.4) is 0 Å². The minimum Gasteiger partial charge on any atom is -0.493 e. The van der Waals surface area contributed by atoms with E-state index in [0.29, 0.717) is 35.0 Å². The first-order valence-electron chi connectivity index (χ1n) is 12.6. The average Bonchev–Trinajstić information content (AvgIpc) is 2.86.